The fraction of sp³-hybridized carbons (Fsp3) is 0.100. The highest BCUT2D eigenvalue weighted by molar-refractivity contribution is 5.87. The van der Waals surface area contributed by atoms with Crippen LogP contribution in [0.1, 0.15) is 32.6 Å². The monoisotopic (exact) mass is 372 g/mol. The van der Waals surface area contributed by atoms with E-state index in [1.54, 1.807) is 72.8 Å². The van der Waals surface area contributed by atoms with Crippen molar-refractivity contribution in [2.75, 3.05) is 6.61 Å². The summed E-state index contributed by atoms with van der Waals surface area (Å²) >= 11 is 0. The predicted octanol–water partition coefficient (Wildman–Crippen LogP) is 3.07. The van der Waals surface area contributed by atoms with E-state index in [2.05, 4.69) is 0 Å². The van der Waals surface area contributed by atoms with Crippen LogP contribution in [-0.4, -0.2) is 39.0 Å². The minimum atomic E-state index is -0.879. The first-order valence-corrected chi connectivity index (χ1v) is 7.84. The maximum Gasteiger partial charge on any atom is 0.335 e. The smallest absolute Gasteiger partial charge is 0.335 e. The molecule has 0 unspecified atom stereocenters. The van der Waals surface area contributed by atoms with Crippen LogP contribution in [0.2, 0.25) is 0 Å². The highest BCUT2D eigenvalue weighted by atomic mass is 16.4. The SMILES string of the molecule is O=C(O)c1ccccc1.O=C(O)c1ccccc1.OC[C@H](O)c1ccco1. The molecule has 0 aliphatic rings. The van der Waals surface area contributed by atoms with Gasteiger partial charge in [-0.2, -0.15) is 0 Å². The lowest BCUT2D eigenvalue weighted by atomic mass is 10.2. The molecule has 0 saturated heterocycles. The van der Waals surface area contributed by atoms with Crippen LogP contribution in [0.3, 0.4) is 0 Å². The molecule has 27 heavy (non-hydrogen) atoms. The van der Waals surface area contributed by atoms with E-state index in [-0.39, 0.29) is 6.61 Å². The van der Waals surface area contributed by atoms with Gasteiger partial charge in [-0.25, -0.2) is 9.59 Å². The maximum atomic E-state index is 10.2. The summed E-state index contributed by atoms with van der Waals surface area (Å²) in [6.07, 6.45) is 0.578. The van der Waals surface area contributed by atoms with Crippen molar-refractivity contribution in [3.63, 3.8) is 0 Å². The van der Waals surface area contributed by atoms with E-state index in [1.807, 2.05) is 0 Å². The Morgan fingerprint density at radius 2 is 1.22 bits per heavy atom. The summed E-state index contributed by atoms with van der Waals surface area (Å²) in [5.74, 6) is -1.36. The summed E-state index contributed by atoms with van der Waals surface area (Å²) in [4.78, 5) is 20.4. The van der Waals surface area contributed by atoms with Crippen LogP contribution in [-0.2, 0) is 0 Å². The minimum absolute atomic E-state index is 0.298. The van der Waals surface area contributed by atoms with E-state index >= 15 is 0 Å². The highest BCUT2D eigenvalue weighted by Crippen LogP contribution is 2.10. The number of carboxylic acids is 2. The van der Waals surface area contributed by atoms with Gasteiger partial charge in [0.15, 0.2) is 0 Å². The summed E-state index contributed by atoms with van der Waals surface area (Å²) in [5, 5.41) is 34.0. The highest BCUT2D eigenvalue weighted by Gasteiger charge is 2.06. The Morgan fingerprint density at radius 3 is 1.48 bits per heavy atom. The fourth-order valence-corrected chi connectivity index (χ4v) is 1.73. The first-order valence-electron chi connectivity index (χ1n) is 7.84. The van der Waals surface area contributed by atoms with Crippen LogP contribution in [0, 0.1) is 0 Å². The molecule has 1 aromatic heterocycles. The number of hydrogen-bond donors (Lipinski definition) is 4. The average Bonchev–Trinajstić information content (AvgIpc) is 3.24. The second-order valence-electron chi connectivity index (χ2n) is 5.06. The van der Waals surface area contributed by atoms with Crippen LogP contribution in [0.25, 0.3) is 0 Å². The molecule has 7 heteroatoms. The number of aliphatic hydroxyl groups is 2. The molecule has 1 heterocycles. The number of aliphatic hydroxyl groups excluding tert-OH is 2. The van der Waals surface area contributed by atoms with E-state index in [9.17, 15) is 9.59 Å². The number of hydrogen-bond acceptors (Lipinski definition) is 5. The lowest BCUT2D eigenvalue weighted by molar-refractivity contribution is 0.0686. The normalized spacial score (nSPS) is 10.4. The number of aromatic carboxylic acids is 2. The largest absolute Gasteiger partial charge is 0.478 e. The van der Waals surface area contributed by atoms with Crippen LogP contribution in [0.15, 0.2) is 83.5 Å². The summed E-state index contributed by atoms with van der Waals surface area (Å²) in [6.45, 7) is -0.298. The van der Waals surface area contributed by atoms with Gasteiger partial charge in [0, 0.05) is 0 Å². The van der Waals surface area contributed by atoms with Crippen molar-refractivity contribution in [1.82, 2.24) is 0 Å². The quantitative estimate of drug-likeness (QED) is 0.554. The minimum Gasteiger partial charge on any atom is -0.478 e. The second-order valence-corrected chi connectivity index (χ2v) is 5.06. The zero-order valence-corrected chi connectivity index (χ0v) is 14.3. The van der Waals surface area contributed by atoms with E-state index in [4.69, 9.17) is 24.8 Å². The summed E-state index contributed by atoms with van der Waals surface area (Å²) < 4.78 is 4.78. The molecule has 0 radical (unpaired) electrons. The first-order chi connectivity index (χ1) is 13.0. The van der Waals surface area contributed by atoms with Crippen LogP contribution < -0.4 is 0 Å². The molecule has 0 saturated carbocycles. The van der Waals surface area contributed by atoms with Gasteiger partial charge in [0.05, 0.1) is 24.0 Å². The molecule has 142 valence electrons. The van der Waals surface area contributed by atoms with Crippen molar-refractivity contribution in [2.24, 2.45) is 0 Å². The third-order valence-electron chi connectivity index (χ3n) is 3.09. The van der Waals surface area contributed by atoms with Gasteiger partial charge in [-0.15, -0.1) is 0 Å². The van der Waals surface area contributed by atoms with Crippen molar-refractivity contribution in [2.45, 2.75) is 6.10 Å². The van der Waals surface area contributed by atoms with Gasteiger partial charge in [0.1, 0.15) is 11.9 Å². The maximum absolute atomic E-state index is 10.2. The van der Waals surface area contributed by atoms with Crippen molar-refractivity contribution in [1.29, 1.82) is 0 Å². The van der Waals surface area contributed by atoms with Crippen molar-refractivity contribution < 1.29 is 34.4 Å². The molecule has 3 rings (SSSR count). The number of carbonyl (C=O) groups is 2. The summed E-state index contributed by atoms with van der Waals surface area (Å²) in [5.41, 5.74) is 0.662. The number of rotatable bonds is 4. The molecule has 0 aliphatic heterocycles. The van der Waals surface area contributed by atoms with Crippen LogP contribution in [0.4, 0.5) is 0 Å². The van der Waals surface area contributed by atoms with Crippen molar-refractivity contribution in [3.8, 4) is 0 Å². The summed E-state index contributed by atoms with van der Waals surface area (Å²) in [7, 11) is 0. The van der Waals surface area contributed by atoms with Gasteiger partial charge in [0.25, 0.3) is 0 Å². The molecule has 4 N–H and O–H groups in total. The molecule has 7 nitrogen and oxygen atoms in total. The van der Waals surface area contributed by atoms with Crippen LogP contribution in [0.5, 0.6) is 0 Å². The Kier molecular flexibility index (Phi) is 9.62. The average molecular weight is 372 g/mol. The number of furan rings is 1. The van der Waals surface area contributed by atoms with E-state index in [1.165, 1.54) is 6.26 Å². The standard InChI is InChI=1S/2C7H6O2.C6H8O3/c2*8-7(9)6-4-2-1-3-5-6;7-4-5(8)6-2-1-3-9-6/h2*1-5H,(H,8,9);1-3,5,7-8H,4H2/t;;5-/m..0/s1. The van der Waals surface area contributed by atoms with Gasteiger partial charge in [-0.3, -0.25) is 0 Å². The predicted molar refractivity (Wildman–Crippen MR) is 97.6 cm³/mol. The number of carboxylic acid groups (broad SMARTS) is 2. The molecular weight excluding hydrogens is 352 g/mol. The Bertz CT molecular complexity index is 734. The molecule has 2 aromatic carbocycles. The van der Waals surface area contributed by atoms with Crippen LogP contribution >= 0.6 is 0 Å². The lowest BCUT2D eigenvalue weighted by Crippen LogP contribution is -1.99. The third-order valence-corrected chi connectivity index (χ3v) is 3.09. The van der Waals surface area contributed by atoms with E-state index < -0.39 is 18.0 Å². The summed E-state index contributed by atoms with van der Waals surface area (Å²) in [6, 6.07) is 19.9. The molecule has 3 aromatic rings. The van der Waals surface area contributed by atoms with Crippen molar-refractivity contribution in [3.05, 3.63) is 95.9 Å². The third kappa shape index (κ3) is 8.48. The molecule has 0 spiro atoms. The first kappa shape index (κ1) is 21.6. The molecule has 0 aliphatic carbocycles. The molecule has 0 fully saturated rings. The van der Waals surface area contributed by atoms with Gasteiger partial charge in [0.2, 0.25) is 0 Å². The topological polar surface area (TPSA) is 128 Å². The Labute approximate surface area is 155 Å². The molecule has 0 amide bonds. The second kappa shape index (κ2) is 12.0. The van der Waals surface area contributed by atoms with Gasteiger partial charge in [-0.05, 0) is 36.4 Å². The van der Waals surface area contributed by atoms with Gasteiger partial charge < -0.3 is 24.8 Å². The molecule has 0 bridgehead atoms. The zero-order chi connectivity index (χ0) is 20.1. The fourth-order valence-electron chi connectivity index (χ4n) is 1.73. The molecule has 1 atom stereocenters. The van der Waals surface area contributed by atoms with E-state index in [0.717, 1.165) is 0 Å². The lowest BCUT2D eigenvalue weighted by Gasteiger charge is -1.99. The van der Waals surface area contributed by atoms with E-state index in [0.29, 0.717) is 16.9 Å². The Morgan fingerprint density at radius 1 is 0.778 bits per heavy atom. The Hall–Kier alpha value is -3.42. The Balaban J connectivity index is 0.000000202. The number of benzene rings is 2. The van der Waals surface area contributed by atoms with Gasteiger partial charge >= 0.3 is 11.9 Å². The van der Waals surface area contributed by atoms with Crippen molar-refractivity contribution >= 4 is 11.9 Å². The molecular formula is C20H20O7. The zero-order valence-electron chi connectivity index (χ0n) is 14.3. The van der Waals surface area contributed by atoms with Gasteiger partial charge in [-0.1, -0.05) is 36.4 Å².